The van der Waals surface area contributed by atoms with E-state index >= 15 is 0 Å². The van der Waals surface area contributed by atoms with Crippen LogP contribution in [0.25, 0.3) is 0 Å². The molecule has 0 heterocycles. The summed E-state index contributed by atoms with van der Waals surface area (Å²) in [5.41, 5.74) is 0. The Labute approximate surface area is 82.7 Å². The summed E-state index contributed by atoms with van der Waals surface area (Å²) in [6.45, 7) is 4.52. The minimum Gasteiger partial charge on any atom is -0.127 e. The van der Waals surface area contributed by atoms with Crippen LogP contribution < -0.4 is 0 Å². The molecule has 0 bridgehead atoms. The summed E-state index contributed by atoms with van der Waals surface area (Å²) in [5.74, 6) is 0. The van der Waals surface area contributed by atoms with Gasteiger partial charge in [-0.25, -0.2) is 0 Å². The van der Waals surface area contributed by atoms with Gasteiger partial charge in [0.05, 0.1) is 0 Å². The van der Waals surface area contributed by atoms with Crippen molar-refractivity contribution in [3.8, 4) is 0 Å². The van der Waals surface area contributed by atoms with Crippen molar-refractivity contribution in [2.24, 2.45) is 0 Å². The Hall–Kier alpha value is 0.860. The molecule has 0 rings (SSSR count). The molecule has 2 atom stereocenters. The fourth-order valence-electron chi connectivity index (χ4n) is 1.34. The van der Waals surface area contributed by atoms with Gasteiger partial charge in [0.1, 0.15) is 0 Å². The van der Waals surface area contributed by atoms with E-state index in [1.165, 1.54) is 44.9 Å². The van der Waals surface area contributed by atoms with E-state index in [4.69, 9.17) is 0 Å². The van der Waals surface area contributed by atoms with E-state index in [1.807, 2.05) is 0 Å². The van der Waals surface area contributed by atoms with E-state index in [1.54, 1.807) is 0 Å². The second-order valence-electron chi connectivity index (χ2n) is 3.79. The zero-order valence-electron chi connectivity index (χ0n) is 8.60. The third-order valence-electron chi connectivity index (χ3n) is 2.24. The van der Waals surface area contributed by atoms with Crippen LogP contribution in [0.3, 0.4) is 0 Å². The van der Waals surface area contributed by atoms with E-state index in [0.29, 0.717) is 4.90 Å². The lowest BCUT2D eigenvalue weighted by Crippen LogP contribution is -2.10. The highest BCUT2D eigenvalue weighted by atomic mass is 31.1. The van der Waals surface area contributed by atoms with Crippen LogP contribution in [0.15, 0.2) is 0 Å². The minimum atomic E-state index is 0.436. The van der Waals surface area contributed by atoms with Gasteiger partial charge in [0.2, 0.25) is 0 Å². The van der Waals surface area contributed by atoms with Crippen molar-refractivity contribution in [1.82, 2.24) is 0 Å². The van der Waals surface area contributed by atoms with Gasteiger partial charge in [-0.05, 0) is 17.7 Å². The minimum absolute atomic E-state index is 0.436. The molecule has 2 heteroatoms. The van der Waals surface area contributed by atoms with Crippen LogP contribution in [0.2, 0.25) is 0 Å². The first-order valence-electron chi connectivity index (χ1n) is 5.20. The van der Waals surface area contributed by atoms with Crippen LogP contribution in [-0.4, -0.2) is 4.90 Å². The molecule has 0 N–H and O–H groups in total. The first-order valence-corrected chi connectivity index (χ1v) is 6.35. The average molecular weight is 206 g/mol. The van der Waals surface area contributed by atoms with Gasteiger partial charge in [0.15, 0.2) is 0 Å². The maximum atomic E-state index is 3.00. The molecule has 0 nitrogen and oxygen atoms in total. The fraction of sp³-hybridized carbons (Fsp3) is 1.00. The summed E-state index contributed by atoms with van der Waals surface area (Å²) in [6.07, 6.45) is 9.46. The van der Waals surface area contributed by atoms with Crippen molar-refractivity contribution in [2.75, 3.05) is 0 Å². The monoisotopic (exact) mass is 206 g/mol. The summed E-state index contributed by atoms with van der Waals surface area (Å²) >= 11 is 0. The van der Waals surface area contributed by atoms with Gasteiger partial charge in [0, 0.05) is 0 Å². The number of rotatable bonds is 7. The van der Waals surface area contributed by atoms with E-state index < -0.39 is 0 Å². The Morgan fingerprint density at radius 2 is 1.33 bits per heavy atom. The highest BCUT2D eigenvalue weighted by Gasteiger charge is 2.16. The summed E-state index contributed by atoms with van der Waals surface area (Å²) in [4.78, 5) is 0.436. The summed E-state index contributed by atoms with van der Waals surface area (Å²) in [6, 6.07) is 0. The van der Waals surface area contributed by atoms with Gasteiger partial charge in [-0.2, -0.15) is 0 Å². The topological polar surface area (TPSA) is 0 Å². The molecule has 0 aliphatic carbocycles. The molecule has 0 radical (unpaired) electrons. The molecule has 12 heavy (non-hydrogen) atoms. The van der Waals surface area contributed by atoms with E-state index in [2.05, 4.69) is 32.3 Å². The Morgan fingerprint density at radius 3 is 1.83 bits per heavy atom. The molecule has 2 unspecified atom stereocenters. The smallest absolute Gasteiger partial charge is 0.000701 e. The van der Waals surface area contributed by atoms with Crippen LogP contribution >= 0.6 is 18.5 Å². The van der Waals surface area contributed by atoms with Crippen molar-refractivity contribution >= 4 is 18.5 Å². The van der Waals surface area contributed by atoms with Crippen molar-refractivity contribution in [3.05, 3.63) is 0 Å². The van der Waals surface area contributed by atoms with Gasteiger partial charge >= 0.3 is 0 Å². The van der Waals surface area contributed by atoms with Crippen LogP contribution in [0.5, 0.6) is 0 Å². The SMILES string of the molecule is CCCCCC(P)(P)CCCC. The molecule has 0 aliphatic rings. The lowest BCUT2D eigenvalue weighted by molar-refractivity contribution is 0.569. The molecular formula is C10H24P2. The van der Waals surface area contributed by atoms with Crippen molar-refractivity contribution in [1.29, 1.82) is 0 Å². The highest BCUT2D eigenvalue weighted by molar-refractivity contribution is 7.39. The first kappa shape index (κ1) is 12.9. The Balaban J connectivity index is 3.42. The third-order valence-corrected chi connectivity index (χ3v) is 3.40. The largest absolute Gasteiger partial charge is 0.127 e. The predicted molar refractivity (Wildman–Crippen MR) is 65.8 cm³/mol. The summed E-state index contributed by atoms with van der Waals surface area (Å²) in [7, 11) is 6.00. The number of hydrogen-bond donors (Lipinski definition) is 0. The molecular weight excluding hydrogens is 182 g/mol. The van der Waals surface area contributed by atoms with E-state index in [-0.39, 0.29) is 0 Å². The molecule has 0 spiro atoms. The third kappa shape index (κ3) is 7.51. The molecule has 0 saturated carbocycles. The average Bonchev–Trinajstić information content (AvgIpc) is 2.01. The lowest BCUT2D eigenvalue weighted by Gasteiger charge is -2.23. The van der Waals surface area contributed by atoms with Crippen LogP contribution in [0.4, 0.5) is 0 Å². The van der Waals surface area contributed by atoms with Gasteiger partial charge in [-0.1, -0.05) is 46.0 Å². The fourth-order valence-corrected chi connectivity index (χ4v) is 2.15. The van der Waals surface area contributed by atoms with Crippen LogP contribution in [0.1, 0.15) is 58.8 Å². The normalized spacial score (nSPS) is 12.0. The van der Waals surface area contributed by atoms with Crippen LogP contribution in [0, 0.1) is 0 Å². The van der Waals surface area contributed by atoms with E-state index in [0.717, 1.165) is 0 Å². The highest BCUT2D eigenvalue weighted by Crippen LogP contribution is 2.37. The number of unbranched alkanes of at least 4 members (excludes halogenated alkanes) is 3. The quantitative estimate of drug-likeness (QED) is 0.432. The maximum absolute atomic E-state index is 3.00. The molecule has 0 saturated heterocycles. The molecule has 0 amide bonds. The zero-order chi connectivity index (χ0) is 9.45. The Bertz CT molecular complexity index is 100. The van der Waals surface area contributed by atoms with Gasteiger partial charge in [-0.15, -0.1) is 18.5 Å². The standard InChI is InChI=1S/C10H24P2/c1-3-5-7-9-10(11,12)8-6-4-2/h3-9,11-12H2,1-2H3. The molecule has 0 fully saturated rings. The summed E-state index contributed by atoms with van der Waals surface area (Å²) in [5, 5.41) is 0. The van der Waals surface area contributed by atoms with Crippen molar-refractivity contribution in [3.63, 3.8) is 0 Å². The van der Waals surface area contributed by atoms with E-state index in [9.17, 15) is 0 Å². The number of hydrogen-bond acceptors (Lipinski definition) is 0. The second-order valence-corrected chi connectivity index (χ2v) is 6.76. The lowest BCUT2D eigenvalue weighted by atomic mass is 10.1. The first-order chi connectivity index (χ1) is 5.62. The second kappa shape index (κ2) is 7.28. The molecule has 0 aromatic carbocycles. The van der Waals surface area contributed by atoms with Crippen LogP contribution in [-0.2, 0) is 0 Å². The molecule has 0 aromatic rings. The molecule has 74 valence electrons. The van der Waals surface area contributed by atoms with Gasteiger partial charge < -0.3 is 0 Å². The van der Waals surface area contributed by atoms with Gasteiger partial charge in [-0.3, -0.25) is 0 Å². The predicted octanol–water partition coefficient (Wildman–Crippen LogP) is 4.20. The van der Waals surface area contributed by atoms with Gasteiger partial charge in [0.25, 0.3) is 0 Å². The van der Waals surface area contributed by atoms with Crippen molar-refractivity contribution in [2.45, 2.75) is 63.7 Å². The maximum Gasteiger partial charge on any atom is -0.000701 e. The zero-order valence-corrected chi connectivity index (χ0v) is 10.9. The molecule has 0 aliphatic heterocycles. The Kier molecular flexibility index (Phi) is 7.80. The Morgan fingerprint density at radius 1 is 0.833 bits per heavy atom. The van der Waals surface area contributed by atoms with Crippen molar-refractivity contribution < 1.29 is 0 Å². The molecule has 0 aromatic heterocycles. The summed E-state index contributed by atoms with van der Waals surface area (Å²) < 4.78 is 0.